The third kappa shape index (κ3) is 2.75. The second kappa shape index (κ2) is 6.59. The van der Waals surface area contributed by atoms with Gasteiger partial charge in [0.25, 0.3) is 0 Å². The summed E-state index contributed by atoms with van der Waals surface area (Å²) in [5, 5.41) is 0.662. The van der Waals surface area contributed by atoms with Crippen molar-refractivity contribution in [3.05, 3.63) is 90.0 Å². The van der Waals surface area contributed by atoms with Crippen molar-refractivity contribution in [2.24, 2.45) is 0 Å². The number of fused-ring (bicyclic) bond motifs is 1. The van der Waals surface area contributed by atoms with Gasteiger partial charge in [0.1, 0.15) is 11.6 Å². The molecule has 0 saturated heterocycles. The minimum absolute atomic E-state index is 0.611. The summed E-state index contributed by atoms with van der Waals surface area (Å²) in [6, 6.07) is 27.9. The molecule has 3 aromatic carbocycles. The summed E-state index contributed by atoms with van der Waals surface area (Å²) in [5.41, 5.74) is 12.3. The van der Waals surface area contributed by atoms with Crippen LogP contribution >= 0.6 is 11.6 Å². The largest absolute Gasteiger partial charge is 0.384 e. The Kier molecular flexibility index (Phi) is 3.92. The molecule has 3 N–H and O–H groups in total. The summed E-state index contributed by atoms with van der Waals surface area (Å²) in [5.74, 6) is 1.36. The number of anilines is 1. The fourth-order valence-corrected chi connectivity index (χ4v) is 3.69. The highest BCUT2D eigenvalue weighted by molar-refractivity contribution is 6.30. The van der Waals surface area contributed by atoms with Crippen LogP contribution in [0, 0.1) is 0 Å². The number of nitrogen functional groups attached to an aromatic ring is 1. The topological polar surface area (TPSA) is 59.6 Å². The van der Waals surface area contributed by atoms with E-state index in [1.807, 2.05) is 71.3 Å². The van der Waals surface area contributed by atoms with Gasteiger partial charge in [-0.15, -0.1) is 0 Å². The van der Waals surface area contributed by atoms with E-state index in [0.717, 1.165) is 39.4 Å². The summed E-state index contributed by atoms with van der Waals surface area (Å²) in [6.07, 6.45) is 0. The second-order valence-electron chi connectivity index (χ2n) is 6.61. The van der Waals surface area contributed by atoms with Gasteiger partial charge in [0.15, 0.2) is 0 Å². The van der Waals surface area contributed by atoms with E-state index < -0.39 is 0 Å². The molecule has 2 heterocycles. The van der Waals surface area contributed by atoms with Crippen LogP contribution in [-0.2, 0) is 0 Å². The lowest BCUT2D eigenvalue weighted by molar-refractivity contribution is 1.10. The van der Waals surface area contributed by atoms with Crippen LogP contribution in [0.3, 0.4) is 0 Å². The first kappa shape index (κ1) is 16.7. The second-order valence-corrected chi connectivity index (χ2v) is 7.05. The number of rotatable bonds is 3. The maximum absolute atomic E-state index is 6.64. The molecule has 0 unspecified atom stereocenters. The Morgan fingerprint density at radius 3 is 2.43 bits per heavy atom. The zero-order valence-corrected chi connectivity index (χ0v) is 15.7. The number of nitrogens with two attached hydrogens (primary N) is 1. The van der Waals surface area contributed by atoms with Gasteiger partial charge in [-0.3, -0.25) is 4.57 Å². The molecule has 0 bridgehead atoms. The average Bonchev–Trinajstić information content (AvgIpc) is 3.29. The highest BCUT2D eigenvalue weighted by Gasteiger charge is 2.19. The van der Waals surface area contributed by atoms with Crippen molar-refractivity contribution in [1.29, 1.82) is 0 Å². The summed E-state index contributed by atoms with van der Waals surface area (Å²) >= 11 is 6.25. The van der Waals surface area contributed by atoms with Crippen LogP contribution in [0.15, 0.2) is 84.9 Å². The monoisotopic (exact) mass is 384 g/mol. The summed E-state index contributed by atoms with van der Waals surface area (Å²) in [6.45, 7) is 0. The first-order valence-corrected chi connectivity index (χ1v) is 9.36. The lowest BCUT2D eigenvalue weighted by atomic mass is 10.1. The molecule has 2 aromatic heterocycles. The van der Waals surface area contributed by atoms with E-state index in [2.05, 4.69) is 23.2 Å². The maximum Gasteiger partial charge on any atom is 0.142 e. The fourth-order valence-electron chi connectivity index (χ4n) is 3.51. The summed E-state index contributed by atoms with van der Waals surface area (Å²) in [4.78, 5) is 8.11. The molecular formula is C23H17ClN4. The molecule has 0 radical (unpaired) electrons. The summed E-state index contributed by atoms with van der Waals surface area (Å²) in [7, 11) is 0. The molecule has 28 heavy (non-hydrogen) atoms. The Morgan fingerprint density at radius 1 is 0.857 bits per heavy atom. The Morgan fingerprint density at radius 2 is 1.64 bits per heavy atom. The molecule has 0 aliphatic rings. The fraction of sp³-hybridized carbons (Fsp3) is 0. The van der Waals surface area contributed by atoms with Crippen molar-refractivity contribution >= 4 is 28.5 Å². The molecular weight excluding hydrogens is 368 g/mol. The quantitative estimate of drug-likeness (QED) is 0.405. The standard InChI is InChI=1S/C23H17ClN4/c24-16-9-6-10-17(13-16)28-21(15-7-2-1-3-8-15)14-18(22(28)25)23-26-19-11-4-5-12-20(19)27-23/h1-14H,25H2,(H,26,27). The number of aromatic nitrogens is 3. The molecule has 136 valence electrons. The molecule has 5 heteroatoms. The van der Waals surface area contributed by atoms with Crippen molar-refractivity contribution in [3.63, 3.8) is 0 Å². The van der Waals surface area contributed by atoms with Crippen LogP contribution in [0.1, 0.15) is 0 Å². The van der Waals surface area contributed by atoms with E-state index >= 15 is 0 Å². The van der Waals surface area contributed by atoms with Gasteiger partial charge in [-0.1, -0.05) is 60.1 Å². The Balaban J connectivity index is 1.77. The first-order chi connectivity index (χ1) is 13.7. The molecule has 4 nitrogen and oxygen atoms in total. The van der Waals surface area contributed by atoms with E-state index in [-0.39, 0.29) is 0 Å². The van der Waals surface area contributed by atoms with Crippen molar-refractivity contribution in [2.75, 3.05) is 5.73 Å². The smallest absolute Gasteiger partial charge is 0.142 e. The van der Waals surface area contributed by atoms with Gasteiger partial charge >= 0.3 is 0 Å². The lowest BCUT2D eigenvalue weighted by Crippen LogP contribution is -2.02. The van der Waals surface area contributed by atoms with Gasteiger partial charge in [0.2, 0.25) is 0 Å². The number of H-pyrrole nitrogens is 1. The Labute approximate surface area is 167 Å². The predicted molar refractivity (Wildman–Crippen MR) is 116 cm³/mol. The van der Waals surface area contributed by atoms with E-state index in [0.29, 0.717) is 10.8 Å². The minimum Gasteiger partial charge on any atom is -0.384 e. The van der Waals surface area contributed by atoms with Crippen molar-refractivity contribution in [3.8, 4) is 28.3 Å². The molecule has 0 fully saturated rings. The van der Waals surface area contributed by atoms with Crippen LogP contribution in [0.4, 0.5) is 5.82 Å². The molecule has 5 aromatic rings. The van der Waals surface area contributed by atoms with E-state index in [1.54, 1.807) is 0 Å². The van der Waals surface area contributed by atoms with Crippen molar-refractivity contribution in [1.82, 2.24) is 14.5 Å². The van der Waals surface area contributed by atoms with Crippen molar-refractivity contribution in [2.45, 2.75) is 0 Å². The average molecular weight is 385 g/mol. The molecule has 0 amide bonds. The van der Waals surface area contributed by atoms with Crippen LogP contribution < -0.4 is 5.73 Å². The normalized spacial score (nSPS) is 11.2. The van der Waals surface area contributed by atoms with Gasteiger partial charge in [0.05, 0.1) is 22.3 Å². The zero-order valence-electron chi connectivity index (χ0n) is 14.9. The predicted octanol–water partition coefficient (Wildman–Crippen LogP) is 5.92. The van der Waals surface area contributed by atoms with Crippen LogP contribution in [0.2, 0.25) is 5.02 Å². The molecule has 0 spiro atoms. The summed E-state index contributed by atoms with van der Waals surface area (Å²) < 4.78 is 2.02. The molecule has 0 aliphatic heterocycles. The van der Waals surface area contributed by atoms with Crippen LogP contribution in [0.25, 0.3) is 39.4 Å². The molecule has 0 aliphatic carbocycles. The van der Waals surface area contributed by atoms with Gasteiger partial charge in [-0.2, -0.15) is 0 Å². The number of nitrogens with zero attached hydrogens (tertiary/aromatic N) is 2. The molecule has 0 saturated carbocycles. The van der Waals surface area contributed by atoms with Gasteiger partial charge in [-0.25, -0.2) is 4.98 Å². The number of imidazole rings is 1. The van der Waals surface area contributed by atoms with Gasteiger partial charge < -0.3 is 10.7 Å². The third-order valence-electron chi connectivity index (χ3n) is 4.82. The Bertz CT molecular complexity index is 1250. The SMILES string of the molecule is Nc1c(-c2nc3ccccc3[nH]2)cc(-c2ccccc2)n1-c1cccc(Cl)c1. The maximum atomic E-state index is 6.64. The number of halogens is 1. The highest BCUT2D eigenvalue weighted by Crippen LogP contribution is 2.37. The van der Waals surface area contributed by atoms with Gasteiger partial charge in [-0.05, 0) is 42.0 Å². The number of nitrogens with one attached hydrogen (secondary N) is 1. The molecule has 0 atom stereocenters. The minimum atomic E-state index is 0.611. The van der Waals surface area contributed by atoms with Crippen LogP contribution in [-0.4, -0.2) is 14.5 Å². The number of benzene rings is 3. The number of hydrogen-bond donors (Lipinski definition) is 2. The number of aromatic amines is 1. The third-order valence-corrected chi connectivity index (χ3v) is 5.05. The van der Waals surface area contributed by atoms with Gasteiger partial charge in [0, 0.05) is 10.7 Å². The molecule has 5 rings (SSSR count). The van der Waals surface area contributed by atoms with E-state index in [1.165, 1.54) is 0 Å². The Hall–Kier alpha value is -3.50. The van der Waals surface area contributed by atoms with E-state index in [4.69, 9.17) is 22.3 Å². The first-order valence-electron chi connectivity index (χ1n) is 8.98. The van der Waals surface area contributed by atoms with E-state index in [9.17, 15) is 0 Å². The lowest BCUT2D eigenvalue weighted by Gasteiger charge is -2.12. The zero-order chi connectivity index (χ0) is 19.1. The van der Waals surface area contributed by atoms with Crippen molar-refractivity contribution < 1.29 is 0 Å². The number of hydrogen-bond acceptors (Lipinski definition) is 2. The van der Waals surface area contributed by atoms with Crippen LogP contribution in [0.5, 0.6) is 0 Å². The number of para-hydroxylation sites is 2. The highest BCUT2D eigenvalue weighted by atomic mass is 35.5.